The Morgan fingerprint density at radius 3 is 2.21 bits per heavy atom. The number of aliphatic carboxylic acids is 2. The maximum Gasteiger partial charge on any atom is 0.307 e. The lowest BCUT2D eigenvalue weighted by Gasteiger charge is -2.05. The van der Waals surface area contributed by atoms with E-state index in [1.54, 1.807) is 6.08 Å². The van der Waals surface area contributed by atoms with Crippen LogP contribution < -0.4 is 0 Å². The topological polar surface area (TPSA) is 74.6 Å². The minimum atomic E-state index is -1.06. The van der Waals surface area contributed by atoms with E-state index in [0.29, 0.717) is 6.42 Å². The van der Waals surface area contributed by atoms with E-state index in [-0.39, 0.29) is 6.42 Å². The van der Waals surface area contributed by atoms with Crippen molar-refractivity contribution in [3.63, 3.8) is 0 Å². The Labute approximate surface area is 115 Å². The second kappa shape index (κ2) is 11.8. The number of carbonyl (C=O) groups is 2. The highest BCUT2D eigenvalue weighted by Gasteiger charge is 2.18. The van der Waals surface area contributed by atoms with E-state index >= 15 is 0 Å². The first-order valence-electron chi connectivity index (χ1n) is 7.17. The molecule has 0 aromatic rings. The van der Waals surface area contributed by atoms with Crippen molar-refractivity contribution in [1.82, 2.24) is 0 Å². The minimum Gasteiger partial charge on any atom is -0.481 e. The van der Waals surface area contributed by atoms with Gasteiger partial charge in [0.15, 0.2) is 0 Å². The van der Waals surface area contributed by atoms with Crippen LogP contribution in [0.2, 0.25) is 0 Å². The summed E-state index contributed by atoms with van der Waals surface area (Å²) < 4.78 is 0. The number of allylic oxidation sites excluding steroid dienone is 2. The van der Waals surface area contributed by atoms with Crippen LogP contribution in [0.1, 0.15) is 64.7 Å². The lowest BCUT2D eigenvalue weighted by molar-refractivity contribution is -0.148. The molecule has 0 aliphatic heterocycles. The summed E-state index contributed by atoms with van der Waals surface area (Å²) in [5.41, 5.74) is 0. The molecule has 0 fully saturated rings. The number of rotatable bonds is 12. The fourth-order valence-corrected chi connectivity index (χ4v) is 1.90. The third kappa shape index (κ3) is 11.5. The van der Waals surface area contributed by atoms with E-state index in [4.69, 9.17) is 10.2 Å². The first-order valence-corrected chi connectivity index (χ1v) is 7.17. The summed E-state index contributed by atoms with van der Waals surface area (Å²) in [5, 5.41) is 17.4. The van der Waals surface area contributed by atoms with Crippen molar-refractivity contribution in [3.05, 3.63) is 12.2 Å². The molecule has 4 nitrogen and oxygen atoms in total. The predicted molar refractivity (Wildman–Crippen MR) is 75.1 cm³/mol. The molecule has 4 heteroatoms. The number of hydrogen-bond donors (Lipinski definition) is 2. The fourth-order valence-electron chi connectivity index (χ4n) is 1.90. The largest absolute Gasteiger partial charge is 0.481 e. The summed E-state index contributed by atoms with van der Waals surface area (Å²) in [6, 6.07) is 0. The van der Waals surface area contributed by atoms with E-state index in [1.807, 2.05) is 6.08 Å². The van der Waals surface area contributed by atoms with Crippen LogP contribution in [-0.4, -0.2) is 22.2 Å². The van der Waals surface area contributed by atoms with Crippen LogP contribution in [0.5, 0.6) is 0 Å². The lowest BCUT2D eigenvalue weighted by Crippen LogP contribution is -2.16. The van der Waals surface area contributed by atoms with E-state index in [0.717, 1.165) is 12.8 Å². The van der Waals surface area contributed by atoms with Gasteiger partial charge in [-0.15, -0.1) is 0 Å². The van der Waals surface area contributed by atoms with Gasteiger partial charge in [0.05, 0.1) is 12.3 Å². The molecule has 0 amide bonds. The molecule has 0 heterocycles. The number of hydrogen-bond acceptors (Lipinski definition) is 2. The molecule has 0 saturated heterocycles. The highest BCUT2D eigenvalue weighted by atomic mass is 16.4. The van der Waals surface area contributed by atoms with Gasteiger partial charge in [0.1, 0.15) is 0 Å². The highest BCUT2D eigenvalue weighted by Crippen LogP contribution is 2.11. The predicted octanol–water partition coefficient (Wildman–Crippen LogP) is 3.86. The maximum atomic E-state index is 10.8. The molecule has 0 aromatic heterocycles. The quantitative estimate of drug-likeness (QED) is 0.417. The first-order chi connectivity index (χ1) is 9.07. The van der Waals surface area contributed by atoms with Crippen LogP contribution >= 0.6 is 0 Å². The third-order valence-corrected chi connectivity index (χ3v) is 3.08. The van der Waals surface area contributed by atoms with Gasteiger partial charge in [0.25, 0.3) is 0 Å². The Hall–Kier alpha value is -1.32. The molecule has 0 rings (SSSR count). The van der Waals surface area contributed by atoms with Crippen LogP contribution in [0.3, 0.4) is 0 Å². The molecule has 110 valence electrons. The summed E-state index contributed by atoms with van der Waals surface area (Å²) in [5.74, 6) is -2.90. The Balaban J connectivity index is 3.64. The van der Waals surface area contributed by atoms with E-state index in [1.165, 1.54) is 32.1 Å². The van der Waals surface area contributed by atoms with Gasteiger partial charge in [-0.25, -0.2) is 0 Å². The van der Waals surface area contributed by atoms with Gasteiger partial charge in [0, 0.05) is 0 Å². The summed E-state index contributed by atoms with van der Waals surface area (Å²) in [7, 11) is 0. The highest BCUT2D eigenvalue weighted by molar-refractivity contribution is 5.77. The third-order valence-electron chi connectivity index (χ3n) is 3.08. The molecule has 1 unspecified atom stereocenters. The Morgan fingerprint density at radius 2 is 1.63 bits per heavy atom. The molecule has 0 bridgehead atoms. The van der Waals surface area contributed by atoms with Gasteiger partial charge in [-0.05, 0) is 19.3 Å². The monoisotopic (exact) mass is 270 g/mol. The van der Waals surface area contributed by atoms with Gasteiger partial charge in [0.2, 0.25) is 0 Å². The normalized spacial score (nSPS) is 12.7. The lowest BCUT2D eigenvalue weighted by atomic mass is 10.0. The van der Waals surface area contributed by atoms with E-state index in [2.05, 4.69) is 6.92 Å². The van der Waals surface area contributed by atoms with E-state index in [9.17, 15) is 9.59 Å². The van der Waals surface area contributed by atoms with Crippen molar-refractivity contribution in [2.75, 3.05) is 0 Å². The average Bonchev–Trinajstić information content (AvgIpc) is 2.34. The number of carboxylic acids is 2. The molecule has 0 saturated carbocycles. The zero-order valence-corrected chi connectivity index (χ0v) is 11.8. The molecule has 2 N–H and O–H groups in total. The Morgan fingerprint density at radius 1 is 1.00 bits per heavy atom. The van der Waals surface area contributed by atoms with Crippen molar-refractivity contribution in [2.24, 2.45) is 5.92 Å². The van der Waals surface area contributed by atoms with Gasteiger partial charge >= 0.3 is 11.9 Å². The molecule has 0 aromatic carbocycles. The van der Waals surface area contributed by atoms with Crippen LogP contribution in [0, 0.1) is 5.92 Å². The van der Waals surface area contributed by atoms with Gasteiger partial charge < -0.3 is 10.2 Å². The average molecular weight is 270 g/mol. The molecular weight excluding hydrogens is 244 g/mol. The standard InChI is InChI=1S/C15H26O4/c1-2-3-4-5-6-7-8-9-10-11-13(15(18)19)12-14(16)17/h9-10,13H,2-8,11-12H2,1H3,(H,16,17)(H,18,19)/b10-9+. The van der Waals surface area contributed by atoms with Crippen molar-refractivity contribution in [2.45, 2.75) is 64.7 Å². The summed E-state index contributed by atoms with van der Waals surface area (Å²) in [6.45, 7) is 2.19. The van der Waals surface area contributed by atoms with E-state index < -0.39 is 17.9 Å². The zero-order valence-electron chi connectivity index (χ0n) is 11.8. The molecule has 19 heavy (non-hydrogen) atoms. The summed E-state index contributed by atoms with van der Waals surface area (Å²) >= 11 is 0. The van der Waals surface area contributed by atoms with Crippen molar-refractivity contribution in [1.29, 1.82) is 0 Å². The zero-order chi connectivity index (χ0) is 14.5. The second-order valence-corrected chi connectivity index (χ2v) is 4.90. The fraction of sp³-hybridized carbons (Fsp3) is 0.733. The maximum absolute atomic E-state index is 10.8. The molecule has 0 radical (unpaired) electrons. The van der Waals surface area contributed by atoms with Crippen molar-refractivity contribution < 1.29 is 19.8 Å². The molecule has 0 aliphatic rings. The second-order valence-electron chi connectivity index (χ2n) is 4.90. The molecular formula is C15H26O4. The van der Waals surface area contributed by atoms with Crippen LogP contribution in [0.25, 0.3) is 0 Å². The minimum absolute atomic E-state index is 0.303. The van der Waals surface area contributed by atoms with Crippen LogP contribution in [-0.2, 0) is 9.59 Å². The number of carboxylic acid groups (broad SMARTS) is 2. The molecule has 0 spiro atoms. The molecule has 0 aliphatic carbocycles. The molecule has 1 atom stereocenters. The Bertz CT molecular complexity index is 284. The summed E-state index contributed by atoms with van der Waals surface area (Å²) in [4.78, 5) is 21.3. The van der Waals surface area contributed by atoms with Crippen LogP contribution in [0.15, 0.2) is 12.2 Å². The van der Waals surface area contributed by atoms with Gasteiger partial charge in [-0.3, -0.25) is 9.59 Å². The first kappa shape index (κ1) is 17.7. The van der Waals surface area contributed by atoms with Crippen LogP contribution in [0.4, 0.5) is 0 Å². The Kier molecular flexibility index (Phi) is 10.9. The van der Waals surface area contributed by atoms with Gasteiger partial charge in [-0.1, -0.05) is 51.2 Å². The smallest absolute Gasteiger partial charge is 0.307 e. The van der Waals surface area contributed by atoms with Gasteiger partial charge in [-0.2, -0.15) is 0 Å². The number of unbranched alkanes of at least 4 members (excludes halogenated alkanes) is 6. The van der Waals surface area contributed by atoms with Crippen molar-refractivity contribution >= 4 is 11.9 Å². The summed E-state index contributed by atoms with van der Waals surface area (Å²) in [6.07, 6.45) is 12.1. The van der Waals surface area contributed by atoms with Crippen molar-refractivity contribution in [3.8, 4) is 0 Å². The SMILES string of the molecule is CCCCCCCC/C=C/CC(CC(=O)O)C(=O)O.